The van der Waals surface area contributed by atoms with Crippen LogP contribution in [0.25, 0.3) is 11.4 Å². The van der Waals surface area contributed by atoms with Crippen LogP contribution in [0.2, 0.25) is 0 Å². The molecular weight excluding hydrogens is 302 g/mol. The molecule has 0 unspecified atom stereocenters. The van der Waals surface area contributed by atoms with Crippen LogP contribution >= 0.6 is 0 Å². The van der Waals surface area contributed by atoms with E-state index in [4.69, 9.17) is 0 Å². The highest BCUT2D eigenvalue weighted by atomic mass is 16.2. The summed E-state index contributed by atoms with van der Waals surface area (Å²) in [5, 5.41) is 3.32. The van der Waals surface area contributed by atoms with Gasteiger partial charge >= 0.3 is 0 Å². The van der Waals surface area contributed by atoms with Gasteiger partial charge in [-0.3, -0.25) is 9.78 Å². The second kappa shape index (κ2) is 7.86. The van der Waals surface area contributed by atoms with E-state index in [-0.39, 0.29) is 5.91 Å². The molecule has 1 aliphatic rings. The second-order valence-corrected chi connectivity index (χ2v) is 6.08. The molecule has 1 aliphatic heterocycles. The van der Waals surface area contributed by atoms with E-state index in [1.165, 1.54) is 0 Å². The quantitative estimate of drug-likeness (QED) is 0.915. The Bertz CT molecular complexity index is 689. The number of carbonyl (C=O) groups is 1. The average molecular weight is 325 g/mol. The highest BCUT2D eigenvalue weighted by Gasteiger charge is 2.15. The van der Waals surface area contributed by atoms with Gasteiger partial charge in [0.05, 0.1) is 0 Å². The maximum Gasteiger partial charge on any atom is 0.222 e. The molecule has 0 aromatic carbocycles. The number of carbonyl (C=O) groups excluding carboxylic acids is 1. The van der Waals surface area contributed by atoms with Gasteiger partial charge in [0.2, 0.25) is 5.91 Å². The monoisotopic (exact) mass is 325 g/mol. The van der Waals surface area contributed by atoms with Gasteiger partial charge in [-0.05, 0) is 31.9 Å². The number of hydrogen-bond donors (Lipinski definition) is 1. The maximum atomic E-state index is 12.0. The van der Waals surface area contributed by atoms with E-state index < -0.39 is 0 Å². The Kier molecular flexibility index (Phi) is 5.36. The van der Waals surface area contributed by atoms with Gasteiger partial charge in [0.1, 0.15) is 5.82 Å². The van der Waals surface area contributed by atoms with Gasteiger partial charge in [-0.25, -0.2) is 9.97 Å². The molecule has 3 rings (SSSR count). The number of nitrogens with one attached hydrogen (secondary N) is 1. The molecule has 6 nitrogen and oxygen atoms in total. The van der Waals surface area contributed by atoms with Crippen LogP contribution in [0, 0.1) is 6.92 Å². The number of hydrogen-bond acceptors (Lipinski definition) is 5. The van der Waals surface area contributed by atoms with E-state index in [2.05, 4.69) is 20.3 Å². The van der Waals surface area contributed by atoms with Crippen LogP contribution in [0.3, 0.4) is 0 Å². The van der Waals surface area contributed by atoms with Crippen molar-refractivity contribution in [3.05, 3.63) is 36.3 Å². The number of aryl methyl sites for hydroxylation is 1. The number of amides is 1. The number of nitrogens with zero attached hydrogens (tertiary/aromatic N) is 4. The van der Waals surface area contributed by atoms with Gasteiger partial charge in [0.15, 0.2) is 5.82 Å². The van der Waals surface area contributed by atoms with Gasteiger partial charge in [-0.15, -0.1) is 0 Å². The van der Waals surface area contributed by atoms with Crippen molar-refractivity contribution in [2.24, 2.45) is 0 Å². The lowest BCUT2D eigenvalue weighted by molar-refractivity contribution is -0.130. The minimum atomic E-state index is 0.268. The molecule has 2 aromatic heterocycles. The normalized spacial score (nSPS) is 15.2. The Labute approximate surface area is 142 Å². The first kappa shape index (κ1) is 16.4. The standard InChI is InChI=1S/C18H23N5O/c1-14-12-16(22-18(21-14)15-6-5-8-19-13-15)20-9-11-23-10-4-2-3-7-17(23)24/h5-6,8,12-13H,2-4,7,9-11H2,1H3,(H,20,21,22). The lowest BCUT2D eigenvalue weighted by Crippen LogP contribution is -2.34. The predicted molar refractivity (Wildman–Crippen MR) is 93.5 cm³/mol. The summed E-state index contributed by atoms with van der Waals surface area (Å²) >= 11 is 0. The molecule has 126 valence electrons. The largest absolute Gasteiger partial charge is 0.368 e. The number of likely N-dealkylation sites (tertiary alicyclic amines) is 1. The third-order valence-electron chi connectivity index (χ3n) is 4.13. The molecule has 0 bridgehead atoms. The summed E-state index contributed by atoms with van der Waals surface area (Å²) in [5.74, 6) is 1.71. The Morgan fingerprint density at radius 2 is 2.17 bits per heavy atom. The van der Waals surface area contributed by atoms with Crippen molar-refractivity contribution in [1.82, 2.24) is 19.9 Å². The predicted octanol–water partition coefficient (Wildman–Crippen LogP) is 2.66. The summed E-state index contributed by atoms with van der Waals surface area (Å²) in [6.45, 7) is 4.22. The summed E-state index contributed by atoms with van der Waals surface area (Å²) in [4.78, 5) is 27.1. The zero-order valence-corrected chi connectivity index (χ0v) is 14.0. The average Bonchev–Trinajstić information content (AvgIpc) is 2.80. The van der Waals surface area contributed by atoms with Crippen LogP contribution in [-0.4, -0.2) is 45.4 Å². The van der Waals surface area contributed by atoms with Crippen molar-refractivity contribution in [2.75, 3.05) is 25.0 Å². The molecule has 1 N–H and O–H groups in total. The third kappa shape index (κ3) is 4.28. The molecule has 1 saturated heterocycles. The molecule has 24 heavy (non-hydrogen) atoms. The van der Waals surface area contributed by atoms with E-state index in [1.807, 2.05) is 30.0 Å². The number of anilines is 1. The minimum Gasteiger partial charge on any atom is -0.368 e. The fourth-order valence-corrected chi connectivity index (χ4v) is 2.88. The van der Waals surface area contributed by atoms with Crippen LogP contribution in [0.1, 0.15) is 31.4 Å². The number of aromatic nitrogens is 3. The van der Waals surface area contributed by atoms with Crippen molar-refractivity contribution < 1.29 is 4.79 Å². The van der Waals surface area contributed by atoms with Crippen molar-refractivity contribution in [3.63, 3.8) is 0 Å². The fourth-order valence-electron chi connectivity index (χ4n) is 2.88. The molecule has 0 radical (unpaired) electrons. The number of pyridine rings is 1. The maximum absolute atomic E-state index is 12.0. The summed E-state index contributed by atoms with van der Waals surface area (Å²) in [5.41, 5.74) is 1.80. The topological polar surface area (TPSA) is 71.0 Å². The molecule has 6 heteroatoms. The third-order valence-corrected chi connectivity index (χ3v) is 4.13. The van der Waals surface area contributed by atoms with Gasteiger partial charge in [0, 0.05) is 55.8 Å². The van der Waals surface area contributed by atoms with E-state index in [0.717, 1.165) is 42.9 Å². The Morgan fingerprint density at radius 1 is 1.25 bits per heavy atom. The van der Waals surface area contributed by atoms with Crippen molar-refractivity contribution in [3.8, 4) is 11.4 Å². The highest BCUT2D eigenvalue weighted by molar-refractivity contribution is 5.76. The molecule has 1 amide bonds. The van der Waals surface area contributed by atoms with Crippen LogP contribution < -0.4 is 5.32 Å². The molecule has 0 aliphatic carbocycles. The van der Waals surface area contributed by atoms with Crippen LogP contribution in [0.5, 0.6) is 0 Å². The molecule has 1 fully saturated rings. The summed E-state index contributed by atoms with van der Waals surface area (Å²) in [7, 11) is 0. The van der Waals surface area contributed by atoms with E-state index in [9.17, 15) is 4.79 Å². The molecule has 0 atom stereocenters. The van der Waals surface area contributed by atoms with Gasteiger partial charge in [-0.2, -0.15) is 0 Å². The lowest BCUT2D eigenvalue weighted by atomic mass is 10.2. The van der Waals surface area contributed by atoms with Gasteiger partial charge < -0.3 is 10.2 Å². The van der Waals surface area contributed by atoms with Crippen molar-refractivity contribution in [2.45, 2.75) is 32.6 Å². The van der Waals surface area contributed by atoms with Crippen molar-refractivity contribution in [1.29, 1.82) is 0 Å². The van der Waals surface area contributed by atoms with Crippen LogP contribution in [0.4, 0.5) is 5.82 Å². The van der Waals surface area contributed by atoms with E-state index in [1.54, 1.807) is 12.4 Å². The first-order chi connectivity index (χ1) is 11.7. The Morgan fingerprint density at radius 3 is 3.00 bits per heavy atom. The Hall–Kier alpha value is -2.50. The minimum absolute atomic E-state index is 0.268. The molecule has 0 spiro atoms. The molecule has 3 heterocycles. The molecule has 2 aromatic rings. The first-order valence-corrected chi connectivity index (χ1v) is 8.50. The molecule has 0 saturated carbocycles. The SMILES string of the molecule is Cc1cc(NCCN2CCCCCC2=O)nc(-c2cccnc2)n1. The fraction of sp³-hybridized carbons (Fsp3) is 0.444. The first-order valence-electron chi connectivity index (χ1n) is 8.50. The Balaban J connectivity index is 1.63. The highest BCUT2D eigenvalue weighted by Crippen LogP contribution is 2.16. The summed E-state index contributed by atoms with van der Waals surface area (Å²) in [6.07, 6.45) is 7.43. The number of rotatable bonds is 5. The van der Waals surface area contributed by atoms with Gasteiger partial charge in [0.25, 0.3) is 0 Å². The smallest absolute Gasteiger partial charge is 0.222 e. The van der Waals surface area contributed by atoms with E-state index >= 15 is 0 Å². The summed E-state index contributed by atoms with van der Waals surface area (Å²) < 4.78 is 0. The molecular formula is C18H23N5O. The van der Waals surface area contributed by atoms with Crippen LogP contribution in [0.15, 0.2) is 30.6 Å². The van der Waals surface area contributed by atoms with Gasteiger partial charge in [-0.1, -0.05) is 6.42 Å². The zero-order chi connectivity index (χ0) is 16.8. The summed E-state index contributed by atoms with van der Waals surface area (Å²) in [6, 6.07) is 5.74. The van der Waals surface area contributed by atoms with Crippen LogP contribution in [-0.2, 0) is 4.79 Å². The lowest BCUT2D eigenvalue weighted by Gasteiger charge is -2.20. The zero-order valence-electron chi connectivity index (χ0n) is 14.0. The second-order valence-electron chi connectivity index (χ2n) is 6.08. The van der Waals surface area contributed by atoms with E-state index in [0.29, 0.717) is 25.3 Å². The van der Waals surface area contributed by atoms with Crippen molar-refractivity contribution >= 4 is 11.7 Å².